The van der Waals surface area contributed by atoms with Gasteiger partial charge in [0.05, 0.1) is 15.6 Å². The van der Waals surface area contributed by atoms with Crippen molar-refractivity contribution in [1.29, 1.82) is 0 Å². The number of benzene rings is 1. The second-order valence-corrected chi connectivity index (χ2v) is 5.17. The van der Waals surface area contributed by atoms with Gasteiger partial charge in [0.15, 0.2) is 0 Å². The van der Waals surface area contributed by atoms with Gasteiger partial charge in [-0.15, -0.1) is 0 Å². The van der Waals surface area contributed by atoms with E-state index in [1.807, 2.05) is 14.0 Å². The van der Waals surface area contributed by atoms with Crippen LogP contribution in [-0.4, -0.2) is 26.9 Å². The van der Waals surface area contributed by atoms with Crippen molar-refractivity contribution in [3.05, 3.63) is 26.6 Å². The quantitative estimate of drug-likeness (QED) is 0.750. The number of nitrogens with one attached hydrogen (secondary N) is 1. The van der Waals surface area contributed by atoms with Gasteiger partial charge >= 0.3 is 0 Å². The summed E-state index contributed by atoms with van der Waals surface area (Å²) in [6, 6.07) is 4.11. The van der Waals surface area contributed by atoms with Crippen LogP contribution in [0, 0.1) is 0 Å². The van der Waals surface area contributed by atoms with Gasteiger partial charge in [0.1, 0.15) is 12.4 Å². The highest BCUT2D eigenvalue weighted by molar-refractivity contribution is 9.11. The van der Waals surface area contributed by atoms with Crippen LogP contribution in [-0.2, 0) is 11.3 Å². The van der Waals surface area contributed by atoms with E-state index in [0.29, 0.717) is 19.8 Å². The lowest BCUT2D eigenvalue weighted by Gasteiger charge is -2.12. The monoisotopic (exact) mass is 365 g/mol. The maximum atomic E-state index is 5.66. The van der Waals surface area contributed by atoms with E-state index in [9.17, 15) is 0 Å². The van der Waals surface area contributed by atoms with Crippen LogP contribution in [0.15, 0.2) is 21.1 Å². The smallest absolute Gasteiger partial charge is 0.147 e. The maximum absolute atomic E-state index is 5.66. The molecule has 5 heteroatoms. The van der Waals surface area contributed by atoms with E-state index >= 15 is 0 Å². The summed E-state index contributed by atoms with van der Waals surface area (Å²) in [4.78, 5) is 0. The van der Waals surface area contributed by atoms with E-state index in [0.717, 1.165) is 21.2 Å². The van der Waals surface area contributed by atoms with Crippen LogP contribution in [0.2, 0.25) is 0 Å². The molecule has 0 unspecified atom stereocenters. The standard InChI is InChI=1S/C12H17Br2NO2/c1-3-16-4-5-17-12-10(13)6-9(8-15-2)7-11(12)14/h6-7,15H,3-5,8H2,1-2H3. The SMILES string of the molecule is CCOCCOc1c(Br)cc(CNC)cc1Br. The van der Waals surface area contributed by atoms with Crippen LogP contribution in [0.1, 0.15) is 12.5 Å². The van der Waals surface area contributed by atoms with Crippen LogP contribution in [0.4, 0.5) is 0 Å². The fourth-order valence-electron chi connectivity index (χ4n) is 1.40. The molecule has 0 aliphatic heterocycles. The van der Waals surface area contributed by atoms with Crippen LogP contribution in [0.5, 0.6) is 5.75 Å². The lowest BCUT2D eigenvalue weighted by molar-refractivity contribution is 0.109. The van der Waals surface area contributed by atoms with Crippen molar-refractivity contribution >= 4 is 31.9 Å². The summed E-state index contributed by atoms with van der Waals surface area (Å²) in [7, 11) is 1.92. The van der Waals surface area contributed by atoms with Gasteiger partial charge in [-0.2, -0.15) is 0 Å². The number of rotatable bonds is 7. The lowest BCUT2D eigenvalue weighted by atomic mass is 10.2. The Bertz CT molecular complexity index is 335. The molecule has 0 saturated heterocycles. The third kappa shape index (κ3) is 4.95. The molecule has 96 valence electrons. The average Bonchev–Trinajstić information content (AvgIpc) is 2.27. The van der Waals surface area contributed by atoms with Crippen molar-refractivity contribution in [1.82, 2.24) is 5.32 Å². The van der Waals surface area contributed by atoms with E-state index in [-0.39, 0.29) is 0 Å². The van der Waals surface area contributed by atoms with E-state index < -0.39 is 0 Å². The fraction of sp³-hybridized carbons (Fsp3) is 0.500. The van der Waals surface area contributed by atoms with E-state index in [4.69, 9.17) is 9.47 Å². The third-order valence-electron chi connectivity index (χ3n) is 2.12. The minimum Gasteiger partial charge on any atom is -0.489 e. The second kappa shape index (κ2) is 8.08. The van der Waals surface area contributed by atoms with Gasteiger partial charge < -0.3 is 14.8 Å². The third-order valence-corrected chi connectivity index (χ3v) is 3.30. The Morgan fingerprint density at radius 2 is 1.82 bits per heavy atom. The van der Waals surface area contributed by atoms with Gasteiger partial charge in [-0.1, -0.05) is 0 Å². The predicted molar refractivity (Wildman–Crippen MR) is 76.6 cm³/mol. The molecule has 1 N–H and O–H groups in total. The number of ether oxygens (including phenoxy) is 2. The minimum atomic E-state index is 0.552. The van der Waals surface area contributed by atoms with Gasteiger partial charge in [-0.25, -0.2) is 0 Å². The molecule has 1 rings (SSSR count). The van der Waals surface area contributed by atoms with Crippen molar-refractivity contribution in [2.45, 2.75) is 13.5 Å². The van der Waals surface area contributed by atoms with Gasteiger partial charge in [-0.05, 0) is 63.5 Å². The van der Waals surface area contributed by atoms with Crippen LogP contribution in [0.25, 0.3) is 0 Å². The van der Waals surface area contributed by atoms with Crippen molar-refractivity contribution in [2.75, 3.05) is 26.9 Å². The summed E-state index contributed by atoms with van der Waals surface area (Å²) in [5.74, 6) is 0.824. The molecule has 0 aromatic heterocycles. The minimum absolute atomic E-state index is 0.552. The molecule has 0 aliphatic carbocycles. The molecule has 0 aliphatic rings. The molecule has 0 amide bonds. The molecule has 0 radical (unpaired) electrons. The van der Waals surface area contributed by atoms with E-state index in [2.05, 4.69) is 49.3 Å². The van der Waals surface area contributed by atoms with Gasteiger partial charge in [0.25, 0.3) is 0 Å². The van der Waals surface area contributed by atoms with Gasteiger partial charge in [-0.3, -0.25) is 0 Å². The molecular formula is C12H17Br2NO2. The molecule has 0 fully saturated rings. The Morgan fingerprint density at radius 1 is 1.18 bits per heavy atom. The molecule has 0 bridgehead atoms. The molecular weight excluding hydrogens is 350 g/mol. The molecule has 3 nitrogen and oxygen atoms in total. The highest BCUT2D eigenvalue weighted by atomic mass is 79.9. The largest absolute Gasteiger partial charge is 0.489 e. The highest BCUT2D eigenvalue weighted by Crippen LogP contribution is 2.34. The topological polar surface area (TPSA) is 30.5 Å². The Balaban J connectivity index is 2.65. The Labute approximate surface area is 119 Å². The first-order valence-electron chi connectivity index (χ1n) is 5.52. The zero-order valence-corrected chi connectivity index (χ0v) is 13.2. The summed E-state index contributed by atoms with van der Waals surface area (Å²) in [5, 5.41) is 3.12. The fourth-order valence-corrected chi connectivity index (χ4v) is 2.91. The summed E-state index contributed by atoms with van der Waals surface area (Å²) >= 11 is 7.03. The molecule has 17 heavy (non-hydrogen) atoms. The Morgan fingerprint density at radius 3 is 2.35 bits per heavy atom. The first kappa shape index (κ1) is 15.0. The Kier molecular flexibility index (Phi) is 7.11. The highest BCUT2D eigenvalue weighted by Gasteiger charge is 2.08. The second-order valence-electron chi connectivity index (χ2n) is 3.46. The first-order chi connectivity index (χ1) is 8.19. The maximum Gasteiger partial charge on any atom is 0.147 e. The molecule has 1 aromatic carbocycles. The van der Waals surface area contributed by atoms with E-state index in [1.165, 1.54) is 5.56 Å². The van der Waals surface area contributed by atoms with Crippen LogP contribution < -0.4 is 10.1 Å². The lowest BCUT2D eigenvalue weighted by Crippen LogP contribution is -2.08. The summed E-state index contributed by atoms with van der Waals surface area (Å²) in [5.41, 5.74) is 1.20. The zero-order valence-electron chi connectivity index (χ0n) is 10.1. The van der Waals surface area contributed by atoms with Crippen molar-refractivity contribution in [2.24, 2.45) is 0 Å². The summed E-state index contributed by atoms with van der Waals surface area (Å²) in [6.45, 7) is 4.67. The van der Waals surface area contributed by atoms with Crippen molar-refractivity contribution < 1.29 is 9.47 Å². The van der Waals surface area contributed by atoms with Crippen LogP contribution >= 0.6 is 31.9 Å². The number of hydrogen-bond acceptors (Lipinski definition) is 3. The predicted octanol–water partition coefficient (Wildman–Crippen LogP) is 3.35. The summed E-state index contributed by atoms with van der Waals surface area (Å²) < 4.78 is 12.8. The average molecular weight is 367 g/mol. The Hall–Kier alpha value is -0.100. The molecule has 0 spiro atoms. The van der Waals surface area contributed by atoms with Gasteiger partial charge in [0, 0.05) is 13.2 Å². The van der Waals surface area contributed by atoms with Crippen molar-refractivity contribution in [3.8, 4) is 5.75 Å². The molecule has 0 atom stereocenters. The molecule has 0 saturated carbocycles. The number of hydrogen-bond donors (Lipinski definition) is 1. The normalized spacial score (nSPS) is 10.6. The first-order valence-corrected chi connectivity index (χ1v) is 7.10. The molecule has 0 heterocycles. The summed E-state index contributed by atoms with van der Waals surface area (Å²) in [6.07, 6.45) is 0. The van der Waals surface area contributed by atoms with Gasteiger partial charge in [0.2, 0.25) is 0 Å². The van der Waals surface area contributed by atoms with Crippen LogP contribution in [0.3, 0.4) is 0 Å². The van der Waals surface area contributed by atoms with E-state index in [1.54, 1.807) is 0 Å². The zero-order chi connectivity index (χ0) is 12.7. The number of halogens is 2. The molecule has 1 aromatic rings. The van der Waals surface area contributed by atoms with Crippen molar-refractivity contribution in [3.63, 3.8) is 0 Å².